The number of unbranched alkanes of at least 4 members (excludes halogenated alkanes) is 3. The highest BCUT2D eigenvalue weighted by atomic mass is 16.7. The van der Waals surface area contributed by atoms with Crippen LogP contribution in [0.15, 0.2) is 30.6 Å². The highest BCUT2D eigenvalue weighted by molar-refractivity contribution is 5.68. The molecule has 11 heteroatoms. The molecule has 5 atom stereocenters. The Morgan fingerprint density at radius 2 is 1.31 bits per heavy atom. The number of aromatic nitrogens is 1. The van der Waals surface area contributed by atoms with E-state index in [2.05, 4.69) is 4.57 Å². The van der Waals surface area contributed by atoms with Crippen molar-refractivity contribution < 1.29 is 52.2 Å². The van der Waals surface area contributed by atoms with Crippen LogP contribution in [0.4, 0.5) is 0 Å². The van der Waals surface area contributed by atoms with E-state index in [1.165, 1.54) is 27.7 Å². The second-order valence-electron chi connectivity index (χ2n) is 8.47. The Morgan fingerprint density at radius 1 is 0.722 bits per heavy atom. The maximum atomic E-state index is 11.8. The number of esters is 4. The van der Waals surface area contributed by atoms with Crippen molar-refractivity contribution in [2.75, 3.05) is 13.2 Å². The van der Waals surface area contributed by atoms with Gasteiger partial charge >= 0.3 is 23.9 Å². The van der Waals surface area contributed by atoms with Crippen LogP contribution in [0.1, 0.15) is 53.4 Å². The first-order chi connectivity index (χ1) is 17.2. The minimum absolute atomic E-state index is 0.283. The van der Waals surface area contributed by atoms with Gasteiger partial charge in [0.05, 0.1) is 0 Å². The van der Waals surface area contributed by atoms with E-state index in [4.69, 9.17) is 28.4 Å². The zero-order valence-electron chi connectivity index (χ0n) is 21.3. The molecular formula is C25H36NO10+. The second kappa shape index (κ2) is 15.1. The SMILES string of the molecule is CC(=O)OC[C@H]1O[C@H](OCCCCCC[n+]2ccccc2)[C@H](OC(C)=O)[C@@H](OC(C)=O)[C@@H]1OC(C)=O. The Balaban J connectivity index is 2.03. The van der Waals surface area contributed by atoms with Crippen molar-refractivity contribution in [2.24, 2.45) is 0 Å². The zero-order chi connectivity index (χ0) is 26.5. The summed E-state index contributed by atoms with van der Waals surface area (Å²) in [6, 6.07) is 5.95. The quantitative estimate of drug-likeness (QED) is 0.167. The van der Waals surface area contributed by atoms with Crippen molar-refractivity contribution >= 4 is 23.9 Å². The number of carbonyl (C=O) groups is 4. The van der Waals surface area contributed by atoms with Gasteiger partial charge in [0.15, 0.2) is 37.0 Å². The predicted octanol–water partition coefficient (Wildman–Crippen LogP) is 1.63. The molecule has 1 aromatic heterocycles. The maximum Gasteiger partial charge on any atom is 0.303 e. The van der Waals surface area contributed by atoms with Crippen LogP contribution >= 0.6 is 0 Å². The molecule has 0 aromatic carbocycles. The summed E-state index contributed by atoms with van der Waals surface area (Å²) in [5.41, 5.74) is 0. The van der Waals surface area contributed by atoms with Crippen molar-refractivity contribution in [3.05, 3.63) is 30.6 Å². The van der Waals surface area contributed by atoms with E-state index >= 15 is 0 Å². The minimum Gasteiger partial charge on any atom is -0.463 e. The fourth-order valence-electron chi connectivity index (χ4n) is 3.86. The summed E-state index contributed by atoms with van der Waals surface area (Å²) in [5.74, 6) is -2.59. The number of rotatable bonds is 13. The van der Waals surface area contributed by atoms with Crippen molar-refractivity contribution in [3.63, 3.8) is 0 Å². The van der Waals surface area contributed by atoms with Gasteiger partial charge in [-0.3, -0.25) is 19.2 Å². The Kier molecular flexibility index (Phi) is 12.3. The molecule has 36 heavy (non-hydrogen) atoms. The van der Waals surface area contributed by atoms with Crippen LogP contribution in [0, 0.1) is 0 Å². The topological polar surface area (TPSA) is 128 Å². The molecule has 0 bridgehead atoms. The number of aryl methyl sites for hydroxylation is 1. The lowest BCUT2D eigenvalue weighted by molar-refractivity contribution is -0.697. The van der Waals surface area contributed by atoms with Crippen LogP contribution in [0.2, 0.25) is 0 Å². The minimum atomic E-state index is -1.22. The number of nitrogens with zero attached hydrogens (tertiary/aromatic N) is 1. The van der Waals surface area contributed by atoms with Crippen LogP contribution < -0.4 is 4.57 Å². The highest BCUT2D eigenvalue weighted by Crippen LogP contribution is 2.30. The van der Waals surface area contributed by atoms with Gasteiger partial charge in [0, 0.05) is 52.9 Å². The normalized spacial score (nSPS) is 23.4. The Morgan fingerprint density at radius 3 is 1.92 bits per heavy atom. The molecular weight excluding hydrogens is 474 g/mol. The maximum absolute atomic E-state index is 11.8. The molecule has 0 saturated carbocycles. The number of ether oxygens (including phenoxy) is 6. The molecule has 0 amide bonds. The highest BCUT2D eigenvalue weighted by Gasteiger charge is 2.52. The summed E-state index contributed by atoms with van der Waals surface area (Å²) in [4.78, 5) is 46.8. The Labute approximate surface area is 210 Å². The van der Waals surface area contributed by atoms with Gasteiger partial charge in [0.2, 0.25) is 0 Å². The molecule has 0 unspecified atom stereocenters. The number of hydrogen-bond donors (Lipinski definition) is 0. The van der Waals surface area contributed by atoms with E-state index in [-0.39, 0.29) is 13.2 Å². The molecule has 1 aliphatic heterocycles. The predicted molar refractivity (Wildman–Crippen MR) is 123 cm³/mol. The molecule has 0 aliphatic carbocycles. The summed E-state index contributed by atoms with van der Waals surface area (Å²) in [7, 11) is 0. The fourth-order valence-corrected chi connectivity index (χ4v) is 3.86. The standard InChI is InChI=1S/C25H36NO10/c1-17(27)32-16-21-22(33-18(2)28)23(34-19(3)29)24(35-20(4)30)25(36-21)31-15-11-6-5-8-12-26-13-9-7-10-14-26/h7,9-10,13-14,21-25H,5-6,8,11-12,15-16H2,1-4H3/q+1/t21-,22-,23+,24-,25+/m1/s1. The fraction of sp³-hybridized carbons (Fsp3) is 0.640. The summed E-state index contributed by atoms with van der Waals surface area (Å²) >= 11 is 0. The van der Waals surface area contributed by atoms with Gasteiger partial charge in [0.1, 0.15) is 19.3 Å². The molecule has 1 aromatic rings. The van der Waals surface area contributed by atoms with Gasteiger partial charge < -0.3 is 28.4 Å². The first-order valence-corrected chi connectivity index (χ1v) is 12.0. The monoisotopic (exact) mass is 510 g/mol. The molecule has 11 nitrogen and oxygen atoms in total. The van der Waals surface area contributed by atoms with E-state index in [1.807, 2.05) is 30.6 Å². The van der Waals surface area contributed by atoms with Crippen LogP contribution in [-0.2, 0) is 54.1 Å². The molecule has 1 aliphatic rings. The first kappa shape index (κ1) is 29.2. The van der Waals surface area contributed by atoms with Crippen molar-refractivity contribution in [3.8, 4) is 0 Å². The zero-order valence-corrected chi connectivity index (χ0v) is 21.3. The Bertz CT molecular complexity index is 862. The molecule has 0 spiro atoms. The first-order valence-electron chi connectivity index (χ1n) is 12.0. The number of pyridine rings is 1. The van der Waals surface area contributed by atoms with E-state index in [0.29, 0.717) is 6.42 Å². The molecule has 0 radical (unpaired) electrons. The van der Waals surface area contributed by atoms with Crippen LogP contribution in [0.25, 0.3) is 0 Å². The lowest BCUT2D eigenvalue weighted by Gasteiger charge is -2.44. The van der Waals surface area contributed by atoms with Crippen molar-refractivity contribution in [2.45, 2.75) is 90.6 Å². The van der Waals surface area contributed by atoms with Gasteiger partial charge in [-0.05, 0) is 12.8 Å². The molecule has 200 valence electrons. The molecule has 1 fully saturated rings. The van der Waals surface area contributed by atoms with Gasteiger partial charge in [-0.2, -0.15) is 0 Å². The lowest BCUT2D eigenvalue weighted by Crippen LogP contribution is -2.63. The van der Waals surface area contributed by atoms with Gasteiger partial charge in [-0.1, -0.05) is 12.5 Å². The van der Waals surface area contributed by atoms with Crippen LogP contribution in [0.3, 0.4) is 0 Å². The largest absolute Gasteiger partial charge is 0.463 e. The third-order valence-corrected chi connectivity index (χ3v) is 5.32. The second-order valence-corrected chi connectivity index (χ2v) is 8.47. The van der Waals surface area contributed by atoms with Gasteiger partial charge in [0.25, 0.3) is 0 Å². The summed E-state index contributed by atoms with van der Waals surface area (Å²) < 4.78 is 35.1. The molecule has 2 rings (SSSR count). The van der Waals surface area contributed by atoms with Crippen molar-refractivity contribution in [1.82, 2.24) is 0 Å². The van der Waals surface area contributed by atoms with E-state index in [0.717, 1.165) is 25.8 Å². The van der Waals surface area contributed by atoms with Crippen molar-refractivity contribution in [1.29, 1.82) is 0 Å². The summed E-state index contributed by atoms with van der Waals surface area (Å²) in [6.07, 6.45) is 1.90. The van der Waals surface area contributed by atoms with E-state index in [1.54, 1.807) is 0 Å². The third kappa shape index (κ3) is 10.3. The number of carbonyl (C=O) groups excluding carboxylic acids is 4. The van der Waals surface area contributed by atoms with Crippen LogP contribution in [0.5, 0.6) is 0 Å². The molecule has 1 saturated heterocycles. The average molecular weight is 511 g/mol. The summed E-state index contributed by atoms with van der Waals surface area (Å²) in [5, 5.41) is 0. The van der Waals surface area contributed by atoms with Gasteiger partial charge in [-0.15, -0.1) is 0 Å². The summed E-state index contributed by atoms with van der Waals surface area (Å²) in [6.45, 7) is 5.68. The van der Waals surface area contributed by atoms with E-state index < -0.39 is 54.6 Å². The van der Waals surface area contributed by atoms with Crippen LogP contribution in [-0.4, -0.2) is 67.8 Å². The molecule has 0 N–H and O–H groups in total. The lowest BCUT2D eigenvalue weighted by atomic mass is 9.98. The van der Waals surface area contributed by atoms with Gasteiger partial charge in [-0.25, -0.2) is 4.57 Å². The number of hydrogen-bond acceptors (Lipinski definition) is 10. The smallest absolute Gasteiger partial charge is 0.303 e. The van der Waals surface area contributed by atoms with E-state index in [9.17, 15) is 19.2 Å². The molecule has 2 heterocycles. The third-order valence-electron chi connectivity index (χ3n) is 5.32. The Hall–Kier alpha value is -3.05. The average Bonchev–Trinajstić information content (AvgIpc) is 2.80.